The lowest BCUT2D eigenvalue weighted by molar-refractivity contribution is -0.149. The van der Waals surface area contributed by atoms with E-state index < -0.39 is 28.8 Å². The number of halogens is 2. The Bertz CT molecular complexity index is 485. The first-order chi connectivity index (χ1) is 8.31. The maximum atomic E-state index is 13.7. The normalized spacial score (nSPS) is 14.0. The second-order valence-electron chi connectivity index (χ2n) is 4.42. The molecule has 1 aromatic rings. The summed E-state index contributed by atoms with van der Waals surface area (Å²) < 4.78 is 26.9. The average Bonchev–Trinajstić information content (AvgIpc) is 2.32. The first-order valence-electron chi connectivity index (χ1n) is 5.52. The Labute approximate surface area is 103 Å². The highest BCUT2D eigenvalue weighted by Crippen LogP contribution is 2.34. The average molecular weight is 256 g/mol. The van der Waals surface area contributed by atoms with Crippen LogP contribution in [-0.2, 0) is 15.0 Å². The summed E-state index contributed by atoms with van der Waals surface area (Å²) in [6, 6.07) is 3.69. The lowest BCUT2D eigenvalue weighted by atomic mass is 9.76. The van der Waals surface area contributed by atoms with Crippen molar-refractivity contribution in [3.05, 3.63) is 35.4 Å². The third kappa shape index (κ3) is 2.72. The number of carboxylic acid groups (broad SMARTS) is 1. The number of hydrogen-bond acceptors (Lipinski definition) is 2. The Kier molecular flexibility index (Phi) is 4.16. The van der Waals surface area contributed by atoms with Crippen LogP contribution in [0.1, 0.15) is 32.3 Å². The molecule has 0 fully saturated rings. The van der Waals surface area contributed by atoms with E-state index >= 15 is 0 Å². The Morgan fingerprint density at radius 2 is 1.94 bits per heavy atom. The van der Waals surface area contributed by atoms with E-state index in [4.69, 9.17) is 5.11 Å². The van der Waals surface area contributed by atoms with Crippen LogP contribution in [0.15, 0.2) is 18.2 Å². The Morgan fingerprint density at radius 3 is 2.44 bits per heavy atom. The highest BCUT2D eigenvalue weighted by Gasteiger charge is 2.33. The van der Waals surface area contributed by atoms with Gasteiger partial charge in [-0.3, -0.25) is 4.79 Å². The minimum absolute atomic E-state index is 0.0274. The summed E-state index contributed by atoms with van der Waals surface area (Å²) in [6.45, 7) is 3.24. The lowest BCUT2D eigenvalue weighted by Gasteiger charge is -2.28. The minimum atomic E-state index is -1.56. The van der Waals surface area contributed by atoms with E-state index in [1.54, 1.807) is 13.8 Å². The first kappa shape index (κ1) is 14.3. The second kappa shape index (κ2) is 5.25. The van der Waals surface area contributed by atoms with Crippen LogP contribution in [0.3, 0.4) is 0 Å². The van der Waals surface area contributed by atoms with Crippen LogP contribution in [0, 0.1) is 11.6 Å². The third-order valence-corrected chi connectivity index (χ3v) is 3.17. The van der Waals surface area contributed by atoms with Crippen LogP contribution in [-0.4, -0.2) is 16.9 Å². The van der Waals surface area contributed by atoms with Crippen molar-refractivity contribution < 1.29 is 23.5 Å². The molecule has 1 aromatic carbocycles. The zero-order chi connectivity index (χ0) is 13.9. The summed E-state index contributed by atoms with van der Waals surface area (Å²) in [5.41, 5.74) is -0.999. The molecule has 0 aliphatic rings. The van der Waals surface area contributed by atoms with Crippen molar-refractivity contribution in [1.29, 1.82) is 0 Å². The fraction of sp³-hybridized carbons (Fsp3) is 0.385. The predicted molar refractivity (Wildman–Crippen MR) is 61.3 cm³/mol. The van der Waals surface area contributed by atoms with E-state index in [0.717, 1.165) is 6.07 Å². The number of ketones is 1. The molecule has 98 valence electrons. The molecule has 0 radical (unpaired) electrons. The monoisotopic (exact) mass is 256 g/mol. The molecule has 1 atom stereocenters. The summed E-state index contributed by atoms with van der Waals surface area (Å²) in [5, 5.41) is 8.59. The number of Topliss-reactive ketones (excluding diaryl/α,β-unsaturated/α-hetero) is 1. The molecule has 1 N–H and O–H groups in total. The second-order valence-corrected chi connectivity index (χ2v) is 4.42. The third-order valence-electron chi connectivity index (χ3n) is 3.17. The molecule has 0 saturated carbocycles. The number of carbonyl (C=O) groups is 2. The van der Waals surface area contributed by atoms with Crippen molar-refractivity contribution in [2.24, 2.45) is 0 Å². The molecule has 3 nitrogen and oxygen atoms in total. The van der Waals surface area contributed by atoms with Crippen LogP contribution in [0.4, 0.5) is 8.78 Å². The molecule has 18 heavy (non-hydrogen) atoms. The van der Waals surface area contributed by atoms with Crippen LogP contribution >= 0.6 is 0 Å². The number of aliphatic carboxylic acids is 1. The van der Waals surface area contributed by atoms with Crippen molar-refractivity contribution in [3.8, 4) is 0 Å². The topological polar surface area (TPSA) is 54.4 Å². The Morgan fingerprint density at radius 1 is 1.33 bits per heavy atom. The lowest BCUT2D eigenvalue weighted by Crippen LogP contribution is -2.29. The van der Waals surface area contributed by atoms with E-state index in [9.17, 15) is 18.4 Å². The van der Waals surface area contributed by atoms with Gasteiger partial charge in [0.25, 0.3) is 0 Å². The SMILES string of the molecule is CCC(C)(CC(=O)C(=O)O)c1cccc(F)c1F. The van der Waals surface area contributed by atoms with E-state index in [1.165, 1.54) is 12.1 Å². The molecule has 0 bridgehead atoms. The van der Waals surface area contributed by atoms with Gasteiger partial charge in [0.2, 0.25) is 5.78 Å². The molecule has 1 rings (SSSR count). The van der Waals surface area contributed by atoms with Crippen LogP contribution in [0.2, 0.25) is 0 Å². The maximum Gasteiger partial charge on any atom is 0.372 e. The predicted octanol–water partition coefficient (Wildman–Crippen LogP) is 2.68. The molecule has 0 saturated heterocycles. The van der Waals surface area contributed by atoms with Crippen LogP contribution in [0.25, 0.3) is 0 Å². The summed E-state index contributed by atoms with van der Waals surface area (Å²) in [7, 11) is 0. The van der Waals surface area contributed by atoms with Gasteiger partial charge in [-0.05, 0) is 18.1 Å². The fourth-order valence-electron chi connectivity index (χ4n) is 1.81. The zero-order valence-corrected chi connectivity index (χ0v) is 10.2. The molecule has 0 aliphatic carbocycles. The maximum absolute atomic E-state index is 13.7. The Balaban J connectivity index is 3.19. The molecule has 0 amide bonds. The number of hydrogen-bond donors (Lipinski definition) is 1. The molecular weight excluding hydrogens is 242 g/mol. The van der Waals surface area contributed by atoms with Gasteiger partial charge >= 0.3 is 5.97 Å². The van der Waals surface area contributed by atoms with Crippen LogP contribution in [0.5, 0.6) is 0 Å². The molecule has 1 unspecified atom stereocenters. The van der Waals surface area contributed by atoms with Gasteiger partial charge in [-0.25, -0.2) is 13.6 Å². The van der Waals surface area contributed by atoms with Gasteiger partial charge in [-0.1, -0.05) is 26.0 Å². The van der Waals surface area contributed by atoms with Gasteiger partial charge in [-0.2, -0.15) is 0 Å². The molecule has 0 spiro atoms. The fourth-order valence-corrected chi connectivity index (χ4v) is 1.81. The quantitative estimate of drug-likeness (QED) is 0.824. The first-order valence-corrected chi connectivity index (χ1v) is 5.52. The van der Waals surface area contributed by atoms with E-state index in [-0.39, 0.29) is 12.0 Å². The van der Waals surface area contributed by atoms with Crippen molar-refractivity contribution in [3.63, 3.8) is 0 Å². The van der Waals surface area contributed by atoms with E-state index in [2.05, 4.69) is 0 Å². The molecule has 0 heterocycles. The molecule has 0 aromatic heterocycles. The molecule has 0 aliphatic heterocycles. The number of carbonyl (C=O) groups excluding carboxylic acids is 1. The zero-order valence-electron chi connectivity index (χ0n) is 10.2. The smallest absolute Gasteiger partial charge is 0.372 e. The van der Waals surface area contributed by atoms with Gasteiger partial charge in [0, 0.05) is 11.8 Å². The minimum Gasteiger partial charge on any atom is -0.476 e. The molecule has 5 heteroatoms. The summed E-state index contributed by atoms with van der Waals surface area (Å²) in [5.74, 6) is -4.61. The molecular formula is C13H14F2O3. The van der Waals surface area contributed by atoms with E-state index in [1.807, 2.05) is 0 Å². The number of rotatable bonds is 5. The van der Waals surface area contributed by atoms with Gasteiger partial charge in [0.15, 0.2) is 11.6 Å². The van der Waals surface area contributed by atoms with Gasteiger partial charge < -0.3 is 5.11 Å². The highest BCUT2D eigenvalue weighted by atomic mass is 19.2. The van der Waals surface area contributed by atoms with Gasteiger partial charge in [-0.15, -0.1) is 0 Å². The standard InChI is InChI=1S/C13H14F2O3/c1-3-13(2,7-10(16)12(17)18)8-5-4-6-9(14)11(8)15/h4-6H,3,7H2,1-2H3,(H,17,18). The van der Waals surface area contributed by atoms with Gasteiger partial charge in [0.05, 0.1) is 0 Å². The largest absolute Gasteiger partial charge is 0.476 e. The van der Waals surface area contributed by atoms with Crippen molar-refractivity contribution in [2.45, 2.75) is 32.1 Å². The highest BCUT2D eigenvalue weighted by molar-refractivity contribution is 6.32. The summed E-state index contributed by atoms with van der Waals surface area (Å²) >= 11 is 0. The Hall–Kier alpha value is -1.78. The van der Waals surface area contributed by atoms with Gasteiger partial charge in [0.1, 0.15) is 0 Å². The van der Waals surface area contributed by atoms with Crippen molar-refractivity contribution >= 4 is 11.8 Å². The number of carboxylic acids is 1. The summed E-state index contributed by atoms with van der Waals surface area (Å²) in [4.78, 5) is 21.8. The summed E-state index contributed by atoms with van der Waals surface area (Å²) in [6.07, 6.45) is -0.0361. The van der Waals surface area contributed by atoms with Crippen LogP contribution < -0.4 is 0 Å². The van der Waals surface area contributed by atoms with Crippen molar-refractivity contribution in [2.75, 3.05) is 0 Å². The van der Waals surface area contributed by atoms with Crippen molar-refractivity contribution in [1.82, 2.24) is 0 Å². The van der Waals surface area contributed by atoms with E-state index in [0.29, 0.717) is 6.42 Å². The number of benzene rings is 1.